The van der Waals surface area contributed by atoms with Crippen molar-refractivity contribution in [3.05, 3.63) is 53.1 Å². The SMILES string of the molecule is CC(=O)Nc1ccc(Cl)c(NC(=O)c2ccc(SC(C)C)cc2)c1. The van der Waals surface area contributed by atoms with Crippen LogP contribution in [-0.4, -0.2) is 17.1 Å². The number of carbonyl (C=O) groups excluding carboxylic acids is 2. The molecule has 4 nitrogen and oxygen atoms in total. The molecule has 0 saturated carbocycles. The zero-order valence-corrected chi connectivity index (χ0v) is 15.3. The number of benzene rings is 2. The fourth-order valence-electron chi connectivity index (χ4n) is 2.05. The van der Waals surface area contributed by atoms with Gasteiger partial charge in [-0.05, 0) is 42.5 Å². The zero-order chi connectivity index (χ0) is 17.7. The van der Waals surface area contributed by atoms with E-state index in [9.17, 15) is 9.59 Å². The largest absolute Gasteiger partial charge is 0.326 e. The van der Waals surface area contributed by atoms with Gasteiger partial charge in [0, 0.05) is 28.3 Å². The molecular weight excluding hydrogens is 344 g/mol. The Morgan fingerprint density at radius 2 is 1.71 bits per heavy atom. The summed E-state index contributed by atoms with van der Waals surface area (Å²) in [7, 11) is 0. The van der Waals surface area contributed by atoms with Gasteiger partial charge in [-0.1, -0.05) is 25.4 Å². The number of halogens is 1. The van der Waals surface area contributed by atoms with Crippen molar-refractivity contribution in [3.63, 3.8) is 0 Å². The Labute approximate surface area is 151 Å². The molecule has 0 radical (unpaired) electrons. The number of amides is 2. The summed E-state index contributed by atoms with van der Waals surface area (Å²) >= 11 is 7.86. The van der Waals surface area contributed by atoms with Crippen LogP contribution < -0.4 is 10.6 Å². The van der Waals surface area contributed by atoms with Crippen LogP contribution in [0.2, 0.25) is 5.02 Å². The van der Waals surface area contributed by atoms with E-state index in [2.05, 4.69) is 24.5 Å². The molecule has 0 aliphatic carbocycles. The van der Waals surface area contributed by atoms with Crippen molar-refractivity contribution >= 4 is 46.6 Å². The summed E-state index contributed by atoms with van der Waals surface area (Å²) in [5.41, 5.74) is 1.57. The van der Waals surface area contributed by atoms with Crippen molar-refractivity contribution in [2.24, 2.45) is 0 Å². The van der Waals surface area contributed by atoms with Crippen LogP contribution in [0.1, 0.15) is 31.1 Å². The normalized spacial score (nSPS) is 10.5. The Bertz CT molecular complexity index is 745. The van der Waals surface area contributed by atoms with Gasteiger partial charge in [0.05, 0.1) is 10.7 Å². The van der Waals surface area contributed by atoms with Crippen LogP contribution in [-0.2, 0) is 4.79 Å². The number of nitrogens with one attached hydrogen (secondary N) is 2. The molecule has 6 heteroatoms. The molecule has 0 heterocycles. The van der Waals surface area contributed by atoms with E-state index in [0.29, 0.717) is 27.2 Å². The molecule has 2 aromatic rings. The first kappa shape index (κ1) is 18.4. The first-order chi connectivity index (χ1) is 11.3. The van der Waals surface area contributed by atoms with Crippen molar-refractivity contribution in [2.45, 2.75) is 30.9 Å². The average molecular weight is 363 g/mol. The van der Waals surface area contributed by atoms with Crippen LogP contribution in [0.5, 0.6) is 0 Å². The summed E-state index contributed by atoms with van der Waals surface area (Å²) in [6.45, 7) is 5.66. The molecule has 126 valence electrons. The molecule has 0 atom stereocenters. The zero-order valence-electron chi connectivity index (χ0n) is 13.7. The molecule has 0 unspecified atom stereocenters. The third-order valence-corrected chi connectivity index (χ3v) is 4.37. The Morgan fingerprint density at radius 1 is 1.04 bits per heavy atom. The van der Waals surface area contributed by atoms with E-state index in [1.165, 1.54) is 6.92 Å². The second-order valence-electron chi connectivity index (χ2n) is 5.52. The van der Waals surface area contributed by atoms with E-state index < -0.39 is 0 Å². The maximum Gasteiger partial charge on any atom is 0.255 e. The van der Waals surface area contributed by atoms with Crippen molar-refractivity contribution in [1.82, 2.24) is 0 Å². The van der Waals surface area contributed by atoms with Gasteiger partial charge in [0.25, 0.3) is 5.91 Å². The quantitative estimate of drug-likeness (QED) is 0.731. The van der Waals surface area contributed by atoms with E-state index in [-0.39, 0.29) is 11.8 Å². The summed E-state index contributed by atoms with van der Waals surface area (Å²) < 4.78 is 0. The molecule has 2 rings (SSSR count). The molecule has 0 fully saturated rings. The molecule has 0 aliphatic rings. The molecule has 0 bridgehead atoms. The lowest BCUT2D eigenvalue weighted by Gasteiger charge is -2.10. The van der Waals surface area contributed by atoms with E-state index in [0.717, 1.165) is 4.90 Å². The van der Waals surface area contributed by atoms with Gasteiger partial charge in [-0.25, -0.2) is 0 Å². The van der Waals surface area contributed by atoms with Crippen LogP contribution in [0, 0.1) is 0 Å². The summed E-state index contributed by atoms with van der Waals surface area (Å²) in [5.74, 6) is -0.439. The van der Waals surface area contributed by atoms with Gasteiger partial charge in [0.15, 0.2) is 0 Å². The lowest BCUT2D eigenvalue weighted by Crippen LogP contribution is -2.13. The van der Waals surface area contributed by atoms with Crippen molar-refractivity contribution < 1.29 is 9.59 Å². The van der Waals surface area contributed by atoms with Crippen LogP contribution in [0.15, 0.2) is 47.4 Å². The molecule has 0 aliphatic heterocycles. The monoisotopic (exact) mass is 362 g/mol. The maximum absolute atomic E-state index is 12.4. The van der Waals surface area contributed by atoms with E-state index in [1.807, 2.05) is 12.1 Å². The lowest BCUT2D eigenvalue weighted by atomic mass is 10.2. The molecule has 0 aromatic heterocycles. The van der Waals surface area contributed by atoms with Gasteiger partial charge < -0.3 is 10.6 Å². The summed E-state index contributed by atoms with van der Waals surface area (Å²) in [6.07, 6.45) is 0. The third-order valence-electron chi connectivity index (χ3n) is 3.02. The summed E-state index contributed by atoms with van der Waals surface area (Å²) in [5, 5.41) is 6.32. The predicted molar refractivity (Wildman–Crippen MR) is 101 cm³/mol. The molecule has 24 heavy (non-hydrogen) atoms. The van der Waals surface area contributed by atoms with E-state index >= 15 is 0 Å². The number of thioether (sulfide) groups is 1. The van der Waals surface area contributed by atoms with Gasteiger partial charge in [-0.15, -0.1) is 11.8 Å². The molecule has 0 spiro atoms. The van der Waals surface area contributed by atoms with Crippen LogP contribution in [0.4, 0.5) is 11.4 Å². The minimum atomic E-state index is -0.252. The maximum atomic E-state index is 12.4. The van der Waals surface area contributed by atoms with Crippen LogP contribution in [0.25, 0.3) is 0 Å². The van der Waals surface area contributed by atoms with E-state index in [1.54, 1.807) is 42.1 Å². The second-order valence-corrected chi connectivity index (χ2v) is 7.58. The average Bonchev–Trinajstić information content (AvgIpc) is 2.50. The number of hydrogen-bond donors (Lipinski definition) is 2. The van der Waals surface area contributed by atoms with Gasteiger partial charge >= 0.3 is 0 Å². The Morgan fingerprint density at radius 3 is 2.29 bits per heavy atom. The van der Waals surface area contributed by atoms with Crippen LogP contribution in [0.3, 0.4) is 0 Å². The smallest absolute Gasteiger partial charge is 0.255 e. The number of hydrogen-bond acceptors (Lipinski definition) is 3. The first-order valence-electron chi connectivity index (χ1n) is 7.50. The lowest BCUT2D eigenvalue weighted by molar-refractivity contribution is -0.114. The topological polar surface area (TPSA) is 58.2 Å². The van der Waals surface area contributed by atoms with Crippen molar-refractivity contribution in [1.29, 1.82) is 0 Å². The predicted octanol–water partition coefficient (Wildman–Crippen LogP) is 5.05. The number of anilines is 2. The van der Waals surface area contributed by atoms with Gasteiger partial charge in [0.2, 0.25) is 5.91 Å². The van der Waals surface area contributed by atoms with Gasteiger partial charge in [-0.2, -0.15) is 0 Å². The highest BCUT2D eigenvalue weighted by molar-refractivity contribution is 7.99. The highest BCUT2D eigenvalue weighted by Crippen LogP contribution is 2.27. The van der Waals surface area contributed by atoms with E-state index in [4.69, 9.17) is 11.6 Å². The van der Waals surface area contributed by atoms with Gasteiger partial charge in [-0.3, -0.25) is 9.59 Å². The minimum Gasteiger partial charge on any atom is -0.326 e. The highest BCUT2D eigenvalue weighted by atomic mass is 35.5. The molecule has 2 amide bonds. The fourth-order valence-corrected chi connectivity index (χ4v) is 3.06. The second kappa shape index (κ2) is 8.22. The fraction of sp³-hybridized carbons (Fsp3) is 0.222. The molecule has 2 aromatic carbocycles. The molecule has 0 saturated heterocycles. The third kappa shape index (κ3) is 5.28. The summed E-state index contributed by atoms with van der Waals surface area (Å²) in [6, 6.07) is 12.4. The van der Waals surface area contributed by atoms with Crippen molar-refractivity contribution in [3.8, 4) is 0 Å². The number of rotatable bonds is 5. The molecular formula is C18H19ClN2O2S. The number of carbonyl (C=O) groups is 2. The first-order valence-corrected chi connectivity index (χ1v) is 8.76. The van der Waals surface area contributed by atoms with Crippen molar-refractivity contribution in [2.75, 3.05) is 10.6 Å². The van der Waals surface area contributed by atoms with Gasteiger partial charge in [0.1, 0.15) is 0 Å². The van der Waals surface area contributed by atoms with Crippen LogP contribution >= 0.6 is 23.4 Å². The Balaban J connectivity index is 2.12. The Hall–Kier alpha value is -1.98. The standard InChI is InChI=1S/C18H19ClN2O2S/c1-11(2)24-15-7-4-13(5-8-15)18(23)21-17-10-14(20-12(3)22)6-9-16(17)19/h4-11H,1-3H3,(H,20,22)(H,21,23). The molecule has 2 N–H and O–H groups in total. The highest BCUT2D eigenvalue weighted by Gasteiger charge is 2.10. The minimum absolute atomic E-state index is 0.187. The Kier molecular flexibility index (Phi) is 6.29. The summed E-state index contributed by atoms with van der Waals surface area (Å²) in [4.78, 5) is 24.6.